The zero-order valence-corrected chi connectivity index (χ0v) is 17.6. The molecular formula is C18H30ClN3O4S. The number of nitrogens with two attached hydrogens (primary N) is 1. The Morgan fingerprint density at radius 1 is 1.26 bits per heavy atom. The van der Waals surface area contributed by atoms with Gasteiger partial charge in [0.25, 0.3) is 5.91 Å². The number of carbonyl (C=O) groups excluding carboxylic acids is 1. The normalized spacial score (nSPS) is 16.7. The van der Waals surface area contributed by atoms with Gasteiger partial charge in [0.1, 0.15) is 5.75 Å². The van der Waals surface area contributed by atoms with Crippen molar-refractivity contribution in [1.29, 1.82) is 0 Å². The molecule has 1 unspecified atom stereocenters. The number of nitrogens with zero attached hydrogens (tertiary/aromatic N) is 1. The first-order valence-electron chi connectivity index (χ1n) is 9.08. The number of hydrogen-bond donors (Lipinski definition) is 2. The Morgan fingerprint density at radius 2 is 1.89 bits per heavy atom. The second-order valence-corrected chi connectivity index (χ2v) is 8.64. The van der Waals surface area contributed by atoms with E-state index in [1.54, 1.807) is 0 Å². The highest BCUT2D eigenvalue weighted by molar-refractivity contribution is 7.89. The van der Waals surface area contributed by atoms with Crippen LogP contribution in [-0.4, -0.2) is 51.4 Å². The maximum Gasteiger partial charge on any atom is 0.255 e. The van der Waals surface area contributed by atoms with Crippen molar-refractivity contribution in [1.82, 2.24) is 9.62 Å². The molecule has 1 aromatic rings. The number of nitrogens with one attached hydrogen (secondary N) is 1. The topological polar surface area (TPSA) is 102 Å². The first-order valence-corrected chi connectivity index (χ1v) is 10.5. The van der Waals surface area contributed by atoms with Crippen molar-refractivity contribution in [3.05, 3.63) is 23.8 Å². The molecule has 0 aromatic heterocycles. The first kappa shape index (κ1) is 23.7. The molecule has 1 amide bonds. The second-order valence-electron chi connectivity index (χ2n) is 6.70. The van der Waals surface area contributed by atoms with E-state index in [9.17, 15) is 13.2 Å². The smallest absolute Gasteiger partial charge is 0.255 e. The predicted octanol–water partition coefficient (Wildman–Crippen LogP) is 2.15. The largest absolute Gasteiger partial charge is 0.496 e. The van der Waals surface area contributed by atoms with Gasteiger partial charge in [-0.1, -0.05) is 12.8 Å². The molecule has 1 atom stereocenters. The fourth-order valence-electron chi connectivity index (χ4n) is 2.96. The summed E-state index contributed by atoms with van der Waals surface area (Å²) in [6.07, 6.45) is 4.45. The number of rotatable bonds is 7. The molecule has 9 heteroatoms. The molecule has 3 N–H and O–H groups in total. The molecule has 1 fully saturated rings. The van der Waals surface area contributed by atoms with E-state index in [0.717, 1.165) is 25.7 Å². The lowest BCUT2D eigenvalue weighted by Gasteiger charge is -2.20. The van der Waals surface area contributed by atoms with E-state index in [1.165, 1.54) is 29.6 Å². The molecule has 154 valence electrons. The summed E-state index contributed by atoms with van der Waals surface area (Å²) in [6.45, 7) is 3.32. The summed E-state index contributed by atoms with van der Waals surface area (Å²) in [5.41, 5.74) is 5.90. The third-order valence-corrected chi connectivity index (χ3v) is 6.40. The van der Waals surface area contributed by atoms with E-state index in [1.807, 2.05) is 6.92 Å². The van der Waals surface area contributed by atoms with E-state index in [-0.39, 0.29) is 34.8 Å². The summed E-state index contributed by atoms with van der Waals surface area (Å²) in [7, 11) is -2.17. The van der Waals surface area contributed by atoms with Gasteiger partial charge in [-0.25, -0.2) is 8.42 Å². The van der Waals surface area contributed by atoms with Gasteiger partial charge >= 0.3 is 0 Å². The number of methoxy groups -OCH3 is 1. The van der Waals surface area contributed by atoms with E-state index >= 15 is 0 Å². The van der Waals surface area contributed by atoms with Crippen molar-refractivity contribution >= 4 is 28.3 Å². The number of benzene rings is 1. The Labute approximate surface area is 168 Å². The summed E-state index contributed by atoms with van der Waals surface area (Å²) in [4.78, 5) is 12.6. The lowest BCUT2D eigenvalue weighted by molar-refractivity contribution is 0.0949. The van der Waals surface area contributed by atoms with Gasteiger partial charge in [-0.15, -0.1) is 12.4 Å². The molecule has 7 nitrogen and oxygen atoms in total. The minimum absolute atomic E-state index is 0. The Balaban J connectivity index is 0.00000364. The van der Waals surface area contributed by atoms with Crippen molar-refractivity contribution in [2.75, 3.05) is 26.7 Å². The third-order valence-electron chi connectivity index (χ3n) is 4.50. The first-order chi connectivity index (χ1) is 12.4. The number of carbonyl (C=O) groups is 1. The average Bonchev–Trinajstić information content (AvgIpc) is 2.90. The maximum absolute atomic E-state index is 13.0. The van der Waals surface area contributed by atoms with Crippen LogP contribution in [0, 0.1) is 0 Å². The van der Waals surface area contributed by atoms with Gasteiger partial charge in [0.05, 0.1) is 17.6 Å². The molecule has 1 heterocycles. The van der Waals surface area contributed by atoms with Crippen molar-refractivity contribution in [3.63, 3.8) is 0 Å². The lowest BCUT2D eigenvalue weighted by atomic mass is 10.2. The van der Waals surface area contributed by atoms with Gasteiger partial charge in [-0.05, 0) is 44.4 Å². The summed E-state index contributed by atoms with van der Waals surface area (Å²) in [5, 5.41) is 2.77. The summed E-state index contributed by atoms with van der Waals surface area (Å²) in [6, 6.07) is 4.41. The standard InChI is InChI=1S/C18H29N3O4S.ClH/c1-14(19)9-10-20-18(22)16-13-15(7-8-17(16)25-2)26(23,24)21-11-5-3-4-6-12-21;/h7-8,13-14H,3-6,9-12,19H2,1-2H3,(H,20,22);1H. The molecule has 27 heavy (non-hydrogen) atoms. The fraction of sp³-hybridized carbons (Fsp3) is 0.611. The SMILES string of the molecule is COc1ccc(S(=O)(=O)N2CCCCCC2)cc1C(=O)NCCC(C)N.Cl. The zero-order chi connectivity index (χ0) is 19.2. The van der Waals surface area contributed by atoms with Crippen molar-refractivity contribution in [2.24, 2.45) is 5.73 Å². The molecule has 0 spiro atoms. The summed E-state index contributed by atoms with van der Waals surface area (Å²) >= 11 is 0. The number of ether oxygens (including phenoxy) is 1. The van der Waals surface area contributed by atoms with Gasteiger partial charge in [-0.2, -0.15) is 4.31 Å². The van der Waals surface area contributed by atoms with Gasteiger partial charge in [0, 0.05) is 25.7 Å². The van der Waals surface area contributed by atoms with Gasteiger partial charge < -0.3 is 15.8 Å². The van der Waals surface area contributed by atoms with Gasteiger partial charge in [-0.3, -0.25) is 4.79 Å². The Morgan fingerprint density at radius 3 is 2.44 bits per heavy atom. The maximum atomic E-state index is 13.0. The number of halogens is 1. The molecule has 1 aliphatic heterocycles. The fourth-order valence-corrected chi connectivity index (χ4v) is 4.51. The van der Waals surface area contributed by atoms with E-state index in [2.05, 4.69) is 5.32 Å². The van der Waals surface area contributed by atoms with Crippen LogP contribution in [0.25, 0.3) is 0 Å². The van der Waals surface area contributed by atoms with Crippen LogP contribution in [-0.2, 0) is 10.0 Å². The third kappa shape index (κ3) is 6.34. The number of sulfonamides is 1. The van der Waals surface area contributed by atoms with Gasteiger partial charge in [0.15, 0.2) is 0 Å². The monoisotopic (exact) mass is 419 g/mol. The van der Waals surface area contributed by atoms with E-state index in [0.29, 0.717) is 31.8 Å². The minimum Gasteiger partial charge on any atom is -0.496 e. The molecule has 1 aliphatic rings. The molecule has 0 aliphatic carbocycles. The predicted molar refractivity (Wildman–Crippen MR) is 108 cm³/mol. The van der Waals surface area contributed by atoms with Crippen molar-refractivity contribution < 1.29 is 17.9 Å². The Bertz CT molecular complexity index is 717. The van der Waals surface area contributed by atoms with E-state index < -0.39 is 10.0 Å². The quantitative estimate of drug-likeness (QED) is 0.705. The number of amides is 1. The Kier molecular flexibility index (Phi) is 9.52. The van der Waals surface area contributed by atoms with Crippen molar-refractivity contribution in [3.8, 4) is 5.75 Å². The molecule has 0 bridgehead atoms. The molecule has 2 rings (SSSR count). The second kappa shape index (κ2) is 10.8. The van der Waals surface area contributed by atoms with Crippen LogP contribution in [0.5, 0.6) is 5.75 Å². The summed E-state index contributed by atoms with van der Waals surface area (Å²) < 4.78 is 32.7. The molecule has 1 aromatic carbocycles. The Hall–Kier alpha value is -1.35. The molecule has 0 saturated carbocycles. The van der Waals surface area contributed by atoms with Crippen LogP contribution < -0.4 is 15.8 Å². The zero-order valence-electron chi connectivity index (χ0n) is 15.9. The number of hydrogen-bond acceptors (Lipinski definition) is 5. The summed E-state index contributed by atoms with van der Waals surface area (Å²) in [5.74, 6) is -0.0199. The van der Waals surface area contributed by atoms with Gasteiger partial charge in [0.2, 0.25) is 10.0 Å². The molecule has 0 radical (unpaired) electrons. The highest BCUT2D eigenvalue weighted by Gasteiger charge is 2.27. The van der Waals surface area contributed by atoms with E-state index in [4.69, 9.17) is 10.5 Å². The van der Waals surface area contributed by atoms with Crippen LogP contribution in [0.4, 0.5) is 0 Å². The highest BCUT2D eigenvalue weighted by atomic mass is 35.5. The highest BCUT2D eigenvalue weighted by Crippen LogP contribution is 2.26. The van der Waals surface area contributed by atoms with Crippen molar-refractivity contribution in [2.45, 2.75) is 50.0 Å². The van der Waals surface area contributed by atoms with Crippen LogP contribution in [0.3, 0.4) is 0 Å². The minimum atomic E-state index is -3.62. The lowest BCUT2D eigenvalue weighted by Crippen LogP contribution is -2.32. The average molecular weight is 420 g/mol. The van der Waals surface area contributed by atoms with Crippen LogP contribution in [0.1, 0.15) is 49.4 Å². The van der Waals surface area contributed by atoms with Crippen LogP contribution in [0.2, 0.25) is 0 Å². The van der Waals surface area contributed by atoms with Crippen LogP contribution >= 0.6 is 12.4 Å². The molecule has 1 saturated heterocycles. The van der Waals surface area contributed by atoms with Crippen LogP contribution in [0.15, 0.2) is 23.1 Å². The molecular weight excluding hydrogens is 390 g/mol.